The molecule has 1 N–H and O–H groups in total. The van der Waals surface area contributed by atoms with Gasteiger partial charge in [0.05, 0.1) is 21.3 Å². The molecule has 4 rings (SSSR count). The van der Waals surface area contributed by atoms with Gasteiger partial charge in [0.2, 0.25) is 0 Å². The van der Waals surface area contributed by atoms with Crippen LogP contribution in [-0.4, -0.2) is 50.2 Å². The third-order valence-electron chi connectivity index (χ3n) is 5.87. The molecule has 0 spiro atoms. The highest BCUT2D eigenvalue weighted by atomic mass is 16.5. The van der Waals surface area contributed by atoms with E-state index in [9.17, 15) is 4.79 Å². The van der Waals surface area contributed by atoms with Crippen molar-refractivity contribution >= 4 is 17.3 Å². The fourth-order valence-electron chi connectivity index (χ4n) is 4.25. The fourth-order valence-corrected chi connectivity index (χ4v) is 4.25. The Balaban J connectivity index is 1.53. The second-order valence-electron chi connectivity index (χ2n) is 8.05. The highest BCUT2D eigenvalue weighted by Gasteiger charge is 2.32. The van der Waals surface area contributed by atoms with Gasteiger partial charge in [0, 0.05) is 47.8 Å². The van der Waals surface area contributed by atoms with E-state index in [0.29, 0.717) is 30.2 Å². The van der Waals surface area contributed by atoms with Gasteiger partial charge >= 0.3 is 0 Å². The quantitative estimate of drug-likeness (QED) is 0.562. The van der Waals surface area contributed by atoms with Gasteiger partial charge in [-0.2, -0.15) is 0 Å². The van der Waals surface area contributed by atoms with Crippen LogP contribution in [-0.2, 0) is 0 Å². The second kappa shape index (κ2) is 9.81. The number of carbonyl (C=O) groups excluding carboxylic acids is 1. The minimum absolute atomic E-state index is 0.0887. The Morgan fingerprint density at radius 3 is 2.39 bits per heavy atom. The SMILES string of the molecule is COc1cccc(Nc2cc(C)nc(C3CCN(C(=O)c4c(OC)cccc4OC)C3)c2)c1. The molecule has 1 atom stereocenters. The molecule has 172 valence electrons. The summed E-state index contributed by atoms with van der Waals surface area (Å²) in [6.45, 7) is 3.23. The summed E-state index contributed by atoms with van der Waals surface area (Å²) in [5, 5.41) is 3.44. The average Bonchev–Trinajstić information content (AvgIpc) is 3.33. The van der Waals surface area contributed by atoms with Crippen LogP contribution < -0.4 is 19.5 Å². The Hall–Kier alpha value is -3.74. The first kappa shape index (κ1) is 22.5. The van der Waals surface area contributed by atoms with Crippen LogP contribution in [0.4, 0.5) is 11.4 Å². The maximum atomic E-state index is 13.3. The van der Waals surface area contributed by atoms with Crippen molar-refractivity contribution in [2.75, 3.05) is 39.7 Å². The zero-order chi connectivity index (χ0) is 23.4. The van der Waals surface area contributed by atoms with Crippen LogP contribution in [0.2, 0.25) is 0 Å². The van der Waals surface area contributed by atoms with Gasteiger partial charge in [-0.1, -0.05) is 12.1 Å². The van der Waals surface area contributed by atoms with E-state index in [4.69, 9.17) is 19.2 Å². The highest BCUT2D eigenvalue weighted by molar-refractivity contribution is 6.00. The summed E-state index contributed by atoms with van der Waals surface area (Å²) < 4.78 is 16.2. The third kappa shape index (κ3) is 4.87. The number of anilines is 2. The van der Waals surface area contributed by atoms with Gasteiger partial charge in [-0.3, -0.25) is 9.78 Å². The molecule has 1 aliphatic heterocycles. The van der Waals surface area contributed by atoms with E-state index in [1.807, 2.05) is 48.2 Å². The van der Waals surface area contributed by atoms with Crippen molar-refractivity contribution in [3.63, 3.8) is 0 Å². The zero-order valence-electron chi connectivity index (χ0n) is 19.4. The Labute approximate surface area is 194 Å². The third-order valence-corrected chi connectivity index (χ3v) is 5.87. The van der Waals surface area contributed by atoms with Crippen molar-refractivity contribution in [1.82, 2.24) is 9.88 Å². The molecular weight excluding hydrogens is 418 g/mol. The zero-order valence-corrected chi connectivity index (χ0v) is 19.4. The van der Waals surface area contributed by atoms with Crippen molar-refractivity contribution in [2.24, 2.45) is 0 Å². The number of aromatic nitrogens is 1. The summed E-state index contributed by atoms with van der Waals surface area (Å²) in [5.41, 5.74) is 4.26. The van der Waals surface area contributed by atoms with Crippen LogP contribution >= 0.6 is 0 Å². The standard InChI is InChI=1S/C26H29N3O4/c1-17-13-20(28-19-7-5-8-21(14-19)31-2)15-22(27-17)18-11-12-29(16-18)26(30)25-23(32-3)9-6-10-24(25)33-4/h5-10,13-15,18H,11-12,16H2,1-4H3,(H,27,28). The van der Waals surface area contributed by atoms with E-state index in [2.05, 4.69) is 11.4 Å². The molecule has 1 amide bonds. The molecule has 1 unspecified atom stereocenters. The van der Waals surface area contributed by atoms with Gasteiger partial charge in [0.25, 0.3) is 5.91 Å². The van der Waals surface area contributed by atoms with E-state index in [0.717, 1.165) is 34.9 Å². The number of benzene rings is 2. The summed E-state index contributed by atoms with van der Waals surface area (Å²) in [7, 11) is 4.78. The van der Waals surface area contributed by atoms with E-state index >= 15 is 0 Å². The van der Waals surface area contributed by atoms with Gasteiger partial charge in [0.15, 0.2) is 0 Å². The van der Waals surface area contributed by atoms with Crippen molar-refractivity contribution in [2.45, 2.75) is 19.3 Å². The molecule has 7 heteroatoms. The normalized spacial score (nSPS) is 15.3. The molecule has 0 saturated carbocycles. The monoisotopic (exact) mass is 447 g/mol. The molecule has 33 heavy (non-hydrogen) atoms. The lowest BCUT2D eigenvalue weighted by atomic mass is 10.0. The fraction of sp³-hybridized carbons (Fsp3) is 0.308. The Bertz CT molecular complexity index is 1130. The first-order chi connectivity index (χ1) is 16.0. The molecule has 1 aromatic heterocycles. The van der Waals surface area contributed by atoms with Crippen LogP contribution in [0, 0.1) is 6.92 Å². The minimum atomic E-state index is -0.0887. The Morgan fingerprint density at radius 2 is 1.70 bits per heavy atom. The first-order valence-electron chi connectivity index (χ1n) is 10.9. The van der Waals surface area contributed by atoms with Crippen molar-refractivity contribution < 1.29 is 19.0 Å². The predicted octanol–water partition coefficient (Wildman–Crippen LogP) is 4.79. The molecule has 1 fully saturated rings. The molecule has 0 radical (unpaired) electrons. The maximum Gasteiger partial charge on any atom is 0.261 e. The topological polar surface area (TPSA) is 72.9 Å². The number of aryl methyl sites for hydroxylation is 1. The molecule has 3 aromatic rings. The number of nitrogens with one attached hydrogen (secondary N) is 1. The lowest BCUT2D eigenvalue weighted by molar-refractivity contribution is 0.0783. The largest absolute Gasteiger partial charge is 0.497 e. The smallest absolute Gasteiger partial charge is 0.261 e. The van der Waals surface area contributed by atoms with Crippen LogP contribution in [0.25, 0.3) is 0 Å². The van der Waals surface area contributed by atoms with E-state index in [1.54, 1.807) is 33.5 Å². The lowest BCUT2D eigenvalue weighted by Crippen LogP contribution is -2.29. The molecular formula is C26H29N3O4. The van der Waals surface area contributed by atoms with E-state index in [1.165, 1.54) is 0 Å². The van der Waals surface area contributed by atoms with Crippen LogP contribution in [0.3, 0.4) is 0 Å². The second-order valence-corrected chi connectivity index (χ2v) is 8.05. The summed E-state index contributed by atoms with van der Waals surface area (Å²) in [6.07, 6.45) is 0.845. The lowest BCUT2D eigenvalue weighted by Gasteiger charge is -2.20. The Kier molecular flexibility index (Phi) is 6.68. The van der Waals surface area contributed by atoms with Crippen LogP contribution in [0.15, 0.2) is 54.6 Å². The number of methoxy groups -OCH3 is 3. The molecule has 2 heterocycles. The number of pyridine rings is 1. The van der Waals surface area contributed by atoms with Crippen molar-refractivity contribution in [3.05, 3.63) is 71.5 Å². The minimum Gasteiger partial charge on any atom is -0.497 e. The van der Waals surface area contributed by atoms with Crippen LogP contribution in [0.1, 0.15) is 34.1 Å². The van der Waals surface area contributed by atoms with E-state index < -0.39 is 0 Å². The van der Waals surface area contributed by atoms with Crippen LogP contribution in [0.5, 0.6) is 17.2 Å². The van der Waals surface area contributed by atoms with Gasteiger partial charge in [0.1, 0.15) is 22.8 Å². The number of ether oxygens (including phenoxy) is 3. The highest BCUT2D eigenvalue weighted by Crippen LogP contribution is 2.34. The summed E-state index contributed by atoms with van der Waals surface area (Å²) in [5.74, 6) is 1.89. The number of likely N-dealkylation sites (tertiary alicyclic amines) is 1. The summed E-state index contributed by atoms with van der Waals surface area (Å²) in [4.78, 5) is 20.0. The van der Waals surface area contributed by atoms with E-state index in [-0.39, 0.29) is 11.8 Å². The number of hydrogen-bond donors (Lipinski definition) is 1. The predicted molar refractivity (Wildman–Crippen MR) is 128 cm³/mol. The van der Waals surface area contributed by atoms with Gasteiger partial charge in [-0.05, 0) is 49.7 Å². The molecule has 2 aromatic carbocycles. The average molecular weight is 448 g/mol. The molecule has 1 aliphatic rings. The van der Waals surface area contributed by atoms with Gasteiger partial charge < -0.3 is 24.4 Å². The number of hydrogen-bond acceptors (Lipinski definition) is 6. The Morgan fingerprint density at radius 1 is 0.970 bits per heavy atom. The molecule has 1 saturated heterocycles. The number of carbonyl (C=O) groups is 1. The number of rotatable bonds is 7. The molecule has 0 aliphatic carbocycles. The molecule has 7 nitrogen and oxygen atoms in total. The molecule has 0 bridgehead atoms. The first-order valence-corrected chi connectivity index (χ1v) is 10.9. The van der Waals surface area contributed by atoms with Gasteiger partial charge in [-0.25, -0.2) is 0 Å². The van der Waals surface area contributed by atoms with Crippen molar-refractivity contribution in [3.8, 4) is 17.2 Å². The summed E-state index contributed by atoms with van der Waals surface area (Å²) >= 11 is 0. The summed E-state index contributed by atoms with van der Waals surface area (Å²) in [6, 6.07) is 17.3. The number of amides is 1. The van der Waals surface area contributed by atoms with Crippen molar-refractivity contribution in [1.29, 1.82) is 0 Å². The van der Waals surface area contributed by atoms with Gasteiger partial charge in [-0.15, -0.1) is 0 Å². The maximum absolute atomic E-state index is 13.3. The number of nitrogens with zero attached hydrogens (tertiary/aromatic N) is 2.